The van der Waals surface area contributed by atoms with Crippen LogP contribution in [0.3, 0.4) is 0 Å². The summed E-state index contributed by atoms with van der Waals surface area (Å²) in [5.41, 5.74) is 7.51. The van der Waals surface area contributed by atoms with Crippen LogP contribution >= 0.6 is 0 Å². The number of nitrogens with two attached hydrogens (primary N) is 1. The third-order valence-corrected chi connectivity index (χ3v) is 5.91. The molecule has 0 saturated heterocycles. The Hall–Kier alpha value is -1.33. The molecule has 2 unspecified atom stereocenters. The highest BCUT2D eigenvalue weighted by Gasteiger charge is 2.31. The quantitative estimate of drug-likeness (QED) is 0.887. The summed E-state index contributed by atoms with van der Waals surface area (Å²) < 4.78 is 7.85. The van der Waals surface area contributed by atoms with Crippen LogP contribution in [-0.4, -0.2) is 28.4 Å². The van der Waals surface area contributed by atoms with Gasteiger partial charge in [-0.1, -0.05) is 13.3 Å². The van der Waals surface area contributed by atoms with Gasteiger partial charge in [-0.2, -0.15) is 0 Å². The van der Waals surface area contributed by atoms with Crippen molar-refractivity contribution in [3.05, 3.63) is 27.7 Å². The lowest BCUT2D eigenvalue weighted by Crippen LogP contribution is -2.46. The Morgan fingerprint density at radius 3 is 2.67 bits per heavy atom. The van der Waals surface area contributed by atoms with Crippen molar-refractivity contribution >= 4 is 0 Å². The van der Waals surface area contributed by atoms with Gasteiger partial charge in [0.1, 0.15) is 5.75 Å². The van der Waals surface area contributed by atoms with Crippen molar-refractivity contribution < 1.29 is 9.84 Å². The molecule has 1 aliphatic carbocycles. The fourth-order valence-electron chi connectivity index (χ4n) is 4.21. The first-order chi connectivity index (χ1) is 11.5. The molecule has 3 rings (SSSR count). The average molecular weight is 334 g/mol. The summed E-state index contributed by atoms with van der Waals surface area (Å²) in [6.45, 7) is 4.45. The average Bonchev–Trinajstić information content (AvgIpc) is 2.59. The van der Waals surface area contributed by atoms with E-state index in [0.717, 1.165) is 25.2 Å². The van der Waals surface area contributed by atoms with Gasteiger partial charge < -0.3 is 20.1 Å². The van der Waals surface area contributed by atoms with Crippen LogP contribution in [0.25, 0.3) is 0 Å². The maximum Gasteiger partial charge on any atom is 0.254 e. The Bertz CT molecular complexity index is 632. The van der Waals surface area contributed by atoms with Crippen molar-refractivity contribution in [1.29, 1.82) is 0 Å². The molecule has 24 heavy (non-hydrogen) atoms. The van der Waals surface area contributed by atoms with Gasteiger partial charge in [0.25, 0.3) is 5.56 Å². The van der Waals surface area contributed by atoms with E-state index in [1.807, 2.05) is 0 Å². The van der Waals surface area contributed by atoms with Crippen LogP contribution in [0.15, 0.2) is 10.9 Å². The van der Waals surface area contributed by atoms with Gasteiger partial charge >= 0.3 is 0 Å². The lowest BCUT2D eigenvalue weighted by atomic mass is 9.86. The Kier molecular flexibility index (Phi) is 5.30. The van der Waals surface area contributed by atoms with Crippen molar-refractivity contribution in [3.8, 4) is 5.75 Å². The Morgan fingerprint density at radius 1 is 1.29 bits per heavy atom. The zero-order chi connectivity index (χ0) is 17.3. The number of aryl methyl sites for hydroxylation is 1. The molecule has 1 saturated carbocycles. The Balaban J connectivity index is 1.74. The van der Waals surface area contributed by atoms with Crippen molar-refractivity contribution in [2.75, 3.05) is 6.61 Å². The van der Waals surface area contributed by atoms with E-state index < -0.39 is 0 Å². The molecule has 3 N–H and O–H groups in total. The number of hydrogen-bond donors (Lipinski definition) is 2. The summed E-state index contributed by atoms with van der Waals surface area (Å²) in [6, 6.07) is 1.27. The Labute approximate surface area is 143 Å². The minimum Gasteiger partial charge on any atom is -0.506 e. The molecule has 1 aromatic heterocycles. The summed E-state index contributed by atoms with van der Waals surface area (Å²) in [7, 11) is 0. The van der Waals surface area contributed by atoms with Gasteiger partial charge in [-0.15, -0.1) is 0 Å². The van der Waals surface area contributed by atoms with E-state index in [2.05, 4.69) is 6.92 Å². The van der Waals surface area contributed by atoms with Crippen LogP contribution in [0.5, 0.6) is 5.75 Å². The van der Waals surface area contributed by atoms with Crippen LogP contribution in [0.4, 0.5) is 0 Å². The molecule has 0 aromatic carbocycles. The zero-order valence-electron chi connectivity index (χ0n) is 14.8. The van der Waals surface area contributed by atoms with Gasteiger partial charge in [0, 0.05) is 11.6 Å². The minimum atomic E-state index is -0.184. The molecular formula is C19H30N2O3. The Morgan fingerprint density at radius 2 is 2.00 bits per heavy atom. The van der Waals surface area contributed by atoms with Crippen LogP contribution in [0, 0.1) is 12.8 Å². The topological polar surface area (TPSA) is 77.5 Å². The molecule has 1 aliphatic heterocycles. The van der Waals surface area contributed by atoms with Gasteiger partial charge in [-0.25, -0.2) is 0 Å². The van der Waals surface area contributed by atoms with Crippen LogP contribution < -0.4 is 11.3 Å². The number of fused-ring (bicyclic) bond motifs is 1. The van der Waals surface area contributed by atoms with Crippen molar-refractivity contribution in [2.45, 2.75) is 77.0 Å². The van der Waals surface area contributed by atoms with E-state index in [4.69, 9.17) is 10.5 Å². The monoisotopic (exact) mass is 334 g/mol. The van der Waals surface area contributed by atoms with E-state index in [1.54, 1.807) is 17.6 Å². The number of rotatable bonds is 4. The number of ether oxygens (including phenoxy) is 1. The second-order valence-electron chi connectivity index (χ2n) is 7.49. The molecule has 2 atom stereocenters. The molecule has 5 heteroatoms. The van der Waals surface area contributed by atoms with Crippen LogP contribution in [0.1, 0.15) is 62.7 Å². The third-order valence-electron chi connectivity index (χ3n) is 5.91. The highest BCUT2D eigenvalue weighted by molar-refractivity contribution is 5.33. The molecule has 0 amide bonds. The standard InChI is InChI=1S/C19H30N2O3/c1-3-13-4-6-14(7-5-13)24-11-17-15(20)8-9-16-18(22)10-12(2)19(23)21(16)17/h10,13-15,17,22H,3-9,11,20H2,1-2H3. The van der Waals surface area contributed by atoms with E-state index in [9.17, 15) is 9.90 Å². The van der Waals surface area contributed by atoms with Gasteiger partial charge in [-0.05, 0) is 57.4 Å². The predicted molar refractivity (Wildman–Crippen MR) is 94.4 cm³/mol. The zero-order valence-corrected chi connectivity index (χ0v) is 14.8. The fraction of sp³-hybridized carbons (Fsp3) is 0.737. The van der Waals surface area contributed by atoms with Gasteiger partial charge in [0.05, 0.1) is 24.4 Å². The number of pyridine rings is 1. The first-order valence-corrected chi connectivity index (χ1v) is 9.32. The van der Waals surface area contributed by atoms with Crippen LogP contribution in [-0.2, 0) is 11.2 Å². The number of aromatic nitrogens is 1. The van der Waals surface area contributed by atoms with E-state index in [0.29, 0.717) is 24.3 Å². The maximum absolute atomic E-state index is 12.6. The van der Waals surface area contributed by atoms with Crippen molar-refractivity contribution in [1.82, 2.24) is 4.57 Å². The molecule has 2 heterocycles. The summed E-state index contributed by atoms with van der Waals surface area (Å²) in [6.07, 6.45) is 7.60. The summed E-state index contributed by atoms with van der Waals surface area (Å²) in [5.74, 6) is 1.04. The molecule has 0 radical (unpaired) electrons. The molecule has 1 aromatic rings. The largest absolute Gasteiger partial charge is 0.506 e. The van der Waals surface area contributed by atoms with Crippen molar-refractivity contribution in [3.63, 3.8) is 0 Å². The summed E-state index contributed by atoms with van der Waals surface area (Å²) in [4.78, 5) is 12.6. The molecule has 134 valence electrons. The SMILES string of the molecule is CCC1CCC(OCC2C(N)CCc3c(O)cc(C)c(=O)n32)CC1. The fourth-order valence-corrected chi connectivity index (χ4v) is 4.21. The van der Waals surface area contributed by atoms with E-state index in [1.165, 1.54) is 19.3 Å². The lowest BCUT2D eigenvalue weighted by molar-refractivity contribution is -0.00606. The normalized spacial score (nSPS) is 30.1. The third kappa shape index (κ3) is 3.38. The lowest BCUT2D eigenvalue weighted by Gasteiger charge is -2.35. The molecule has 2 aliphatic rings. The van der Waals surface area contributed by atoms with E-state index in [-0.39, 0.29) is 29.5 Å². The van der Waals surface area contributed by atoms with Gasteiger partial charge in [0.2, 0.25) is 0 Å². The molecular weight excluding hydrogens is 304 g/mol. The molecule has 0 bridgehead atoms. The molecule has 0 spiro atoms. The molecule has 1 fully saturated rings. The smallest absolute Gasteiger partial charge is 0.254 e. The van der Waals surface area contributed by atoms with Gasteiger partial charge in [-0.3, -0.25) is 4.79 Å². The molecule has 5 nitrogen and oxygen atoms in total. The highest BCUT2D eigenvalue weighted by atomic mass is 16.5. The summed E-state index contributed by atoms with van der Waals surface area (Å²) >= 11 is 0. The van der Waals surface area contributed by atoms with Crippen molar-refractivity contribution in [2.24, 2.45) is 11.7 Å². The predicted octanol–water partition coefficient (Wildman–Crippen LogP) is 2.66. The first kappa shape index (κ1) is 17.5. The number of hydrogen-bond acceptors (Lipinski definition) is 4. The first-order valence-electron chi connectivity index (χ1n) is 9.32. The van der Waals surface area contributed by atoms with Crippen LogP contribution in [0.2, 0.25) is 0 Å². The van der Waals surface area contributed by atoms with E-state index >= 15 is 0 Å². The minimum absolute atomic E-state index is 0.0544. The maximum atomic E-state index is 12.6. The van der Waals surface area contributed by atoms with Gasteiger partial charge in [0.15, 0.2) is 0 Å². The number of nitrogens with zero attached hydrogens (tertiary/aromatic N) is 1. The summed E-state index contributed by atoms with van der Waals surface area (Å²) in [5, 5.41) is 10.2. The highest BCUT2D eigenvalue weighted by Crippen LogP contribution is 2.31. The number of aromatic hydroxyl groups is 1. The second kappa shape index (κ2) is 7.28. The second-order valence-corrected chi connectivity index (χ2v) is 7.49.